The Labute approximate surface area is 184 Å². The molecule has 0 aliphatic carbocycles. The van der Waals surface area contributed by atoms with Gasteiger partial charge in [0.25, 0.3) is 5.56 Å². The maximum Gasteiger partial charge on any atom is 0.329 e. The fourth-order valence-electron chi connectivity index (χ4n) is 3.72. The lowest BCUT2D eigenvalue weighted by Crippen LogP contribution is -2.38. The number of benzene rings is 1. The molecule has 0 aliphatic heterocycles. The second kappa shape index (κ2) is 9.52. The van der Waals surface area contributed by atoms with Gasteiger partial charge >= 0.3 is 5.69 Å². The monoisotopic (exact) mass is 434 g/mol. The molecule has 0 aliphatic rings. The largest absolute Gasteiger partial charge is 0.329 e. The Kier molecular flexibility index (Phi) is 6.79. The molecule has 0 amide bonds. The number of nitrogens with one attached hydrogen (secondary N) is 1. The Morgan fingerprint density at radius 1 is 1.22 bits per heavy atom. The van der Waals surface area contributed by atoms with Gasteiger partial charge in [-0.1, -0.05) is 25.5 Å². The second-order valence-corrected chi connectivity index (χ2v) is 7.94. The van der Waals surface area contributed by atoms with Gasteiger partial charge < -0.3 is 0 Å². The summed E-state index contributed by atoms with van der Waals surface area (Å²) < 4.78 is 14.8. The first kappa shape index (κ1) is 22.8. The van der Waals surface area contributed by atoms with Crippen LogP contribution in [0, 0.1) is 24.2 Å². The normalized spacial score (nSPS) is 10.9. The average Bonchev–Trinajstić information content (AvgIpc) is 2.72. The summed E-state index contributed by atoms with van der Waals surface area (Å²) in [6.07, 6.45) is 2.06. The first-order valence-corrected chi connectivity index (χ1v) is 10.2. The maximum absolute atomic E-state index is 13.7. The number of nitriles is 1. The number of hydrogen-bond donors (Lipinski definition) is 1. The number of rotatable bonds is 7. The van der Waals surface area contributed by atoms with Crippen LogP contribution in [0.4, 0.5) is 4.39 Å². The highest BCUT2D eigenvalue weighted by Crippen LogP contribution is 2.21. The third-order valence-electron chi connectivity index (χ3n) is 5.08. The Balaban J connectivity index is 2.23. The van der Waals surface area contributed by atoms with Gasteiger partial charge in [-0.05, 0) is 54.7 Å². The van der Waals surface area contributed by atoms with Gasteiger partial charge in [0.2, 0.25) is 11.7 Å². The molecule has 3 rings (SSSR count). The van der Waals surface area contributed by atoms with E-state index in [4.69, 9.17) is 5.26 Å². The Morgan fingerprint density at radius 3 is 2.62 bits per heavy atom. The van der Waals surface area contributed by atoms with Crippen molar-refractivity contribution in [3.8, 4) is 6.07 Å². The Morgan fingerprint density at radius 2 is 1.97 bits per heavy atom. The number of pyridine rings is 1. The second-order valence-electron chi connectivity index (χ2n) is 7.94. The summed E-state index contributed by atoms with van der Waals surface area (Å²) in [5.41, 5.74) is 1.17. The lowest BCUT2D eigenvalue weighted by molar-refractivity contribution is 0.102. The number of aromatic amines is 1. The van der Waals surface area contributed by atoms with Crippen LogP contribution in [-0.4, -0.2) is 20.3 Å². The van der Waals surface area contributed by atoms with Crippen LogP contribution < -0.4 is 11.2 Å². The zero-order valence-electron chi connectivity index (χ0n) is 18.1. The van der Waals surface area contributed by atoms with Crippen LogP contribution >= 0.6 is 0 Å². The average molecular weight is 434 g/mol. The molecule has 0 saturated heterocycles. The molecule has 0 spiro atoms. The van der Waals surface area contributed by atoms with Gasteiger partial charge in [0.15, 0.2) is 0 Å². The predicted octanol–water partition coefficient (Wildman–Crippen LogP) is 3.24. The number of carbonyl (C=O) groups is 1. The zero-order chi connectivity index (χ0) is 23.4. The maximum atomic E-state index is 13.7. The quantitative estimate of drug-likeness (QED) is 0.454. The summed E-state index contributed by atoms with van der Waals surface area (Å²) >= 11 is 0. The minimum absolute atomic E-state index is 0.0252. The highest BCUT2D eigenvalue weighted by Gasteiger charge is 2.25. The van der Waals surface area contributed by atoms with Gasteiger partial charge in [-0.25, -0.2) is 9.78 Å². The lowest BCUT2D eigenvalue weighted by Gasteiger charge is -2.18. The van der Waals surface area contributed by atoms with E-state index in [1.807, 2.05) is 13.0 Å². The fraction of sp³-hybridized carbons (Fsp3) is 0.292. The van der Waals surface area contributed by atoms with Gasteiger partial charge in [0, 0.05) is 23.7 Å². The van der Waals surface area contributed by atoms with Crippen molar-refractivity contribution < 1.29 is 9.18 Å². The van der Waals surface area contributed by atoms with Gasteiger partial charge in [-0.3, -0.25) is 19.1 Å². The summed E-state index contributed by atoms with van der Waals surface area (Å²) in [6.45, 7) is 5.25. The van der Waals surface area contributed by atoms with Gasteiger partial charge in [-0.2, -0.15) is 9.65 Å². The van der Waals surface area contributed by atoms with Crippen molar-refractivity contribution in [3.05, 3.63) is 96.8 Å². The lowest BCUT2D eigenvalue weighted by atomic mass is 9.94. The Hall–Kier alpha value is -3.86. The molecule has 2 heterocycles. The van der Waals surface area contributed by atoms with Gasteiger partial charge in [0.05, 0.1) is 12.6 Å². The van der Waals surface area contributed by atoms with Crippen LogP contribution in [0.3, 0.4) is 0 Å². The molecule has 0 bridgehead atoms. The van der Waals surface area contributed by atoms with E-state index in [0.29, 0.717) is 24.0 Å². The molecule has 0 fully saturated rings. The van der Waals surface area contributed by atoms with Gasteiger partial charge in [-0.15, -0.1) is 0 Å². The van der Waals surface area contributed by atoms with Crippen molar-refractivity contribution in [2.45, 2.75) is 46.1 Å². The van der Waals surface area contributed by atoms with E-state index < -0.39 is 23.0 Å². The predicted molar refractivity (Wildman–Crippen MR) is 117 cm³/mol. The van der Waals surface area contributed by atoms with E-state index >= 15 is 0 Å². The molecular formula is C24H23FN4O3. The SMILES string of the molecule is Cc1cc(CCC#N)cc(C(=O)c2c(C(C)C)c(=O)[nH]c(=O)n2Cc2ccnc(F)c2)c1. The van der Waals surface area contributed by atoms with Crippen LogP contribution in [0.1, 0.15) is 64.5 Å². The van der Waals surface area contributed by atoms with E-state index in [0.717, 1.165) is 11.1 Å². The van der Waals surface area contributed by atoms with Gasteiger partial charge in [0.1, 0.15) is 5.69 Å². The molecule has 1 aromatic carbocycles. The molecule has 3 aromatic rings. The zero-order valence-corrected chi connectivity index (χ0v) is 18.1. The number of carbonyl (C=O) groups excluding carboxylic acids is 1. The van der Waals surface area contributed by atoms with Crippen molar-refractivity contribution in [2.24, 2.45) is 0 Å². The molecule has 0 atom stereocenters. The smallest absolute Gasteiger partial charge is 0.287 e. The van der Waals surface area contributed by atoms with E-state index in [1.54, 1.807) is 26.0 Å². The third kappa shape index (κ3) is 4.89. The molecule has 164 valence electrons. The summed E-state index contributed by atoms with van der Waals surface area (Å²) in [5.74, 6) is -1.53. The molecule has 2 aromatic heterocycles. The van der Waals surface area contributed by atoms with Crippen molar-refractivity contribution in [3.63, 3.8) is 0 Å². The molecular weight excluding hydrogens is 411 g/mol. The van der Waals surface area contributed by atoms with E-state index in [1.165, 1.54) is 22.9 Å². The topological polar surface area (TPSA) is 109 Å². The van der Waals surface area contributed by atoms with Crippen LogP contribution in [0.15, 0.2) is 46.1 Å². The van der Waals surface area contributed by atoms with Crippen LogP contribution in [0.5, 0.6) is 0 Å². The highest BCUT2D eigenvalue weighted by atomic mass is 19.1. The molecule has 32 heavy (non-hydrogen) atoms. The minimum Gasteiger partial charge on any atom is -0.287 e. The van der Waals surface area contributed by atoms with Crippen LogP contribution in [-0.2, 0) is 13.0 Å². The van der Waals surface area contributed by atoms with E-state index in [2.05, 4.69) is 16.0 Å². The molecule has 7 nitrogen and oxygen atoms in total. The molecule has 0 saturated carbocycles. The van der Waals surface area contributed by atoms with E-state index in [9.17, 15) is 18.8 Å². The number of ketones is 1. The van der Waals surface area contributed by atoms with Crippen molar-refractivity contribution in [2.75, 3.05) is 0 Å². The number of nitrogens with zero attached hydrogens (tertiary/aromatic N) is 3. The highest BCUT2D eigenvalue weighted by molar-refractivity contribution is 6.09. The molecule has 8 heteroatoms. The number of hydrogen-bond acceptors (Lipinski definition) is 5. The number of H-pyrrole nitrogens is 1. The van der Waals surface area contributed by atoms with Crippen molar-refractivity contribution in [1.29, 1.82) is 5.26 Å². The summed E-state index contributed by atoms with van der Waals surface area (Å²) in [7, 11) is 0. The van der Waals surface area contributed by atoms with Crippen LogP contribution in [0.25, 0.3) is 0 Å². The third-order valence-corrected chi connectivity index (χ3v) is 5.08. The number of aryl methyl sites for hydroxylation is 2. The molecule has 0 unspecified atom stereocenters. The van der Waals surface area contributed by atoms with Crippen molar-refractivity contribution >= 4 is 5.78 Å². The summed E-state index contributed by atoms with van der Waals surface area (Å²) in [4.78, 5) is 44.8. The summed E-state index contributed by atoms with van der Waals surface area (Å²) in [6, 6.07) is 10.1. The Bertz CT molecular complexity index is 1330. The number of halogens is 1. The first-order valence-electron chi connectivity index (χ1n) is 10.2. The summed E-state index contributed by atoms with van der Waals surface area (Å²) in [5, 5.41) is 8.88. The van der Waals surface area contributed by atoms with Crippen molar-refractivity contribution in [1.82, 2.24) is 14.5 Å². The van der Waals surface area contributed by atoms with E-state index in [-0.39, 0.29) is 23.7 Å². The molecule has 0 radical (unpaired) electrons. The number of aromatic nitrogens is 3. The minimum atomic E-state index is -0.752. The molecule has 1 N–H and O–H groups in total. The standard InChI is InChI=1S/C24H23FN4O3/c1-14(2)20-21(22(30)18-10-15(3)9-16(11-18)5-4-7-26)29(24(32)28-23(20)31)13-17-6-8-27-19(25)12-17/h6,8-12,14H,4-5,13H2,1-3H3,(H,28,31,32). The first-order chi connectivity index (χ1) is 15.2. The van der Waals surface area contributed by atoms with Crippen LogP contribution in [0.2, 0.25) is 0 Å². The fourth-order valence-corrected chi connectivity index (χ4v) is 3.72.